The van der Waals surface area contributed by atoms with Gasteiger partial charge in [-0.2, -0.15) is 5.26 Å². The number of nitriles is 1. The van der Waals surface area contributed by atoms with E-state index in [4.69, 9.17) is 0 Å². The van der Waals surface area contributed by atoms with Crippen molar-refractivity contribution in [2.45, 2.75) is 38.6 Å². The number of fused-ring (bicyclic) bond motifs is 1. The minimum Gasteiger partial charge on any atom is -0.352 e. The van der Waals surface area contributed by atoms with Crippen LogP contribution in [-0.2, 0) is 0 Å². The predicted octanol–water partition coefficient (Wildman–Crippen LogP) is 2.97. The topological polar surface area (TPSA) is 39.9 Å². The van der Waals surface area contributed by atoms with Crippen molar-refractivity contribution < 1.29 is 0 Å². The van der Waals surface area contributed by atoms with Crippen LogP contribution in [-0.4, -0.2) is 17.6 Å². The van der Waals surface area contributed by atoms with E-state index >= 15 is 0 Å². The molecule has 3 unspecified atom stereocenters. The van der Waals surface area contributed by atoms with Crippen LogP contribution >= 0.6 is 0 Å². The molecule has 0 amide bonds. The molecule has 0 bridgehead atoms. The Labute approximate surface area is 108 Å². The molecule has 2 heterocycles. The predicted molar refractivity (Wildman–Crippen MR) is 71.2 cm³/mol. The number of aromatic nitrogens is 1. The third-order valence-corrected chi connectivity index (χ3v) is 4.58. The Morgan fingerprint density at radius 1 is 1.39 bits per heavy atom. The van der Waals surface area contributed by atoms with Gasteiger partial charge in [-0.3, -0.25) is 0 Å². The molecule has 0 aromatic carbocycles. The fourth-order valence-electron chi connectivity index (χ4n) is 3.73. The molecule has 1 saturated heterocycles. The lowest BCUT2D eigenvalue weighted by atomic mass is 9.80. The van der Waals surface area contributed by atoms with Gasteiger partial charge in [0.25, 0.3) is 0 Å². The minimum atomic E-state index is 0.607. The summed E-state index contributed by atoms with van der Waals surface area (Å²) in [5.74, 6) is 2.43. The van der Waals surface area contributed by atoms with Crippen molar-refractivity contribution in [2.24, 2.45) is 11.8 Å². The highest BCUT2D eigenvalue weighted by atomic mass is 15.2. The summed E-state index contributed by atoms with van der Waals surface area (Å²) in [6, 6.07) is 6.61. The summed E-state index contributed by atoms with van der Waals surface area (Å²) in [5, 5.41) is 9.22. The molecular formula is C15H19N3. The second-order valence-electron chi connectivity index (χ2n) is 5.63. The van der Waals surface area contributed by atoms with Gasteiger partial charge in [0, 0.05) is 18.8 Å². The SMILES string of the molecule is CC1CN(c2ncccc2C#N)C2CCCCC12. The van der Waals surface area contributed by atoms with Crippen molar-refractivity contribution >= 4 is 5.82 Å². The first-order valence-corrected chi connectivity index (χ1v) is 6.93. The van der Waals surface area contributed by atoms with E-state index in [0.29, 0.717) is 6.04 Å². The summed E-state index contributed by atoms with van der Waals surface area (Å²) in [6.07, 6.45) is 7.09. The molecule has 0 spiro atoms. The zero-order chi connectivity index (χ0) is 12.5. The van der Waals surface area contributed by atoms with Gasteiger partial charge in [-0.15, -0.1) is 0 Å². The smallest absolute Gasteiger partial charge is 0.146 e. The van der Waals surface area contributed by atoms with Crippen molar-refractivity contribution in [3.8, 4) is 6.07 Å². The van der Waals surface area contributed by atoms with Crippen molar-refractivity contribution in [1.82, 2.24) is 4.98 Å². The van der Waals surface area contributed by atoms with E-state index in [9.17, 15) is 5.26 Å². The Morgan fingerprint density at radius 2 is 2.22 bits per heavy atom. The summed E-state index contributed by atoms with van der Waals surface area (Å²) in [7, 11) is 0. The molecule has 18 heavy (non-hydrogen) atoms. The molecule has 1 aliphatic heterocycles. The van der Waals surface area contributed by atoms with Crippen LogP contribution in [0.4, 0.5) is 5.82 Å². The molecule has 1 aliphatic carbocycles. The number of nitrogens with zero attached hydrogens (tertiary/aromatic N) is 3. The Balaban J connectivity index is 1.95. The van der Waals surface area contributed by atoms with Crippen molar-refractivity contribution in [2.75, 3.05) is 11.4 Å². The van der Waals surface area contributed by atoms with Gasteiger partial charge in [-0.25, -0.2) is 4.98 Å². The van der Waals surface area contributed by atoms with E-state index in [1.165, 1.54) is 25.7 Å². The lowest BCUT2D eigenvalue weighted by molar-refractivity contribution is 0.293. The Hall–Kier alpha value is -1.56. The molecule has 0 radical (unpaired) electrons. The fourth-order valence-corrected chi connectivity index (χ4v) is 3.73. The van der Waals surface area contributed by atoms with E-state index < -0.39 is 0 Å². The zero-order valence-electron chi connectivity index (χ0n) is 10.8. The quantitative estimate of drug-likeness (QED) is 0.759. The average Bonchev–Trinajstić information content (AvgIpc) is 2.77. The van der Waals surface area contributed by atoms with E-state index in [2.05, 4.69) is 22.9 Å². The second-order valence-corrected chi connectivity index (χ2v) is 5.63. The van der Waals surface area contributed by atoms with E-state index in [1.54, 1.807) is 6.20 Å². The number of anilines is 1. The lowest BCUT2D eigenvalue weighted by Crippen LogP contribution is -2.35. The Bertz CT molecular complexity index is 477. The van der Waals surface area contributed by atoms with Crippen LogP contribution in [0, 0.1) is 23.2 Å². The summed E-state index contributed by atoms with van der Waals surface area (Å²) >= 11 is 0. The van der Waals surface area contributed by atoms with Crippen LogP contribution in [0.25, 0.3) is 0 Å². The monoisotopic (exact) mass is 241 g/mol. The first-order valence-electron chi connectivity index (χ1n) is 6.93. The van der Waals surface area contributed by atoms with Crippen LogP contribution < -0.4 is 4.90 Å². The first kappa shape index (κ1) is 11.5. The van der Waals surface area contributed by atoms with Crippen molar-refractivity contribution in [3.05, 3.63) is 23.9 Å². The first-order chi connectivity index (χ1) is 8.81. The molecule has 3 rings (SSSR count). The normalized spacial score (nSPS) is 30.9. The molecule has 3 atom stereocenters. The van der Waals surface area contributed by atoms with Crippen LogP contribution in [0.5, 0.6) is 0 Å². The minimum absolute atomic E-state index is 0.607. The third-order valence-electron chi connectivity index (χ3n) is 4.58. The average molecular weight is 241 g/mol. The van der Waals surface area contributed by atoms with Gasteiger partial charge in [0.2, 0.25) is 0 Å². The maximum Gasteiger partial charge on any atom is 0.146 e. The van der Waals surface area contributed by atoms with Crippen LogP contribution in [0.2, 0.25) is 0 Å². The third kappa shape index (κ3) is 1.77. The summed E-state index contributed by atoms with van der Waals surface area (Å²) in [6.45, 7) is 3.40. The molecular weight excluding hydrogens is 222 g/mol. The molecule has 2 fully saturated rings. The van der Waals surface area contributed by atoms with Gasteiger partial charge in [-0.1, -0.05) is 19.8 Å². The molecule has 94 valence electrons. The van der Waals surface area contributed by atoms with Gasteiger partial charge >= 0.3 is 0 Å². The Morgan fingerprint density at radius 3 is 3.06 bits per heavy atom. The van der Waals surface area contributed by atoms with Crippen LogP contribution in [0.1, 0.15) is 38.2 Å². The molecule has 1 aromatic rings. The molecule has 3 heteroatoms. The zero-order valence-corrected chi connectivity index (χ0v) is 10.8. The van der Waals surface area contributed by atoms with Gasteiger partial charge in [0.15, 0.2) is 0 Å². The van der Waals surface area contributed by atoms with Crippen molar-refractivity contribution in [1.29, 1.82) is 5.26 Å². The van der Waals surface area contributed by atoms with Gasteiger partial charge in [0.1, 0.15) is 11.9 Å². The maximum atomic E-state index is 9.22. The lowest BCUT2D eigenvalue weighted by Gasteiger charge is -2.33. The van der Waals surface area contributed by atoms with E-state index in [0.717, 1.165) is 29.8 Å². The highest BCUT2D eigenvalue weighted by Gasteiger charge is 2.41. The van der Waals surface area contributed by atoms with Gasteiger partial charge < -0.3 is 4.90 Å². The molecule has 3 nitrogen and oxygen atoms in total. The standard InChI is InChI=1S/C15H19N3/c1-11-10-18(14-7-3-2-6-13(11)14)15-12(9-16)5-4-8-17-15/h4-5,8,11,13-14H,2-3,6-7,10H2,1H3. The number of hydrogen-bond donors (Lipinski definition) is 0. The highest BCUT2D eigenvalue weighted by molar-refractivity contribution is 5.55. The number of hydrogen-bond acceptors (Lipinski definition) is 3. The summed E-state index contributed by atoms with van der Waals surface area (Å²) < 4.78 is 0. The fraction of sp³-hybridized carbons (Fsp3) is 0.600. The molecule has 0 N–H and O–H groups in total. The summed E-state index contributed by atoms with van der Waals surface area (Å²) in [4.78, 5) is 6.86. The van der Waals surface area contributed by atoms with Crippen LogP contribution in [0.15, 0.2) is 18.3 Å². The molecule has 1 aromatic heterocycles. The summed E-state index contributed by atoms with van der Waals surface area (Å²) in [5.41, 5.74) is 0.718. The van der Waals surface area contributed by atoms with Gasteiger partial charge in [0.05, 0.1) is 5.56 Å². The van der Waals surface area contributed by atoms with E-state index in [1.807, 2.05) is 12.1 Å². The maximum absolute atomic E-state index is 9.22. The van der Waals surface area contributed by atoms with Crippen LogP contribution in [0.3, 0.4) is 0 Å². The molecule has 1 saturated carbocycles. The van der Waals surface area contributed by atoms with Gasteiger partial charge in [-0.05, 0) is 36.8 Å². The largest absolute Gasteiger partial charge is 0.352 e. The number of pyridine rings is 1. The van der Waals surface area contributed by atoms with E-state index in [-0.39, 0.29) is 0 Å². The molecule has 2 aliphatic rings. The second kappa shape index (κ2) is 4.61. The number of rotatable bonds is 1. The highest BCUT2D eigenvalue weighted by Crippen LogP contribution is 2.41. The van der Waals surface area contributed by atoms with Crippen molar-refractivity contribution in [3.63, 3.8) is 0 Å². The Kier molecular flexibility index (Phi) is 2.95.